The lowest BCUT2D eigenvalue weighted by Crippen LogP contribution is -2.31. The highest BCUT2D eigenvalue weighted by Crippen LogP contribution is 2.27. The fraction of sp³-hybridized carbons (Fsp3) is 0.615. The van der Waals surface area contributed by atoms with Crippen LogP contribution in [0, 0.1) is 11.8 Å². The summed E-state index contributed by atoms with van der Waals surface area (Å²) in [5.74, 6) is 1.23. The number of rotatable bonds is 3. The van der Waals surface area contributed by atoms with E-state index in [4.69, 9.17) is 11.6 Å². The monoisotopic (exact) mass is 267 g/mol. The van der Waals surface area contributed by atoms with Crippen molar-refractivity contribution in [2.24, 2.45) is 11.8 Å². The minimum atomic E-state index is -0.191. The number of nitrogens with one attached hydrogen (secondary N) is 1. The van der Waals surface area contributed by atoms with Crippen molar-refractivity contribution in [1.29, 1.82) is 0 Å². The minimum Gasteiger partial charge on any atom is -0.350 e. The highest BCUT2D eigenvalue weighted by Gasteiger charge is 2.19. The van der Waals surface area contributed by atoms with Crippen LogP contribution in [0.1, 0.15) is 43.1 Å². The molecule has 0 aliphatic heterocycles. The molecule has 18 heavy (non-hydrogen) atoms. The van der Waals surface area contributed by atoms with E-state index in [1.165, 1.54) is 38.1 Å². The van der Waals surface area contributed by atoms with Crippen molar-refractivity contribution >= 4 is 17.5 Å². The van der Waals surface area contributed by atoms with Crippen LogP contribution in [0.4, 0.5) is 0 Å². The van der Waals surface area contributed by atoms with Crippen LogP contribution in [0.15, 0.2) is 12.4 Å². The van der Waals surface area contributed by atoms with Gasteiger partial charge in [-0.05, 0) is 24.7 Å². The molecule has 1 aromatic rings. The molecule has 0 unspecified atom stereocenters. The van der Waals surface area contributed by atoms with Crippen LogP contribution in [0.2, 0.25) is 5.15 Å². The summed E-state index contributed by atoms with van der Waals surface area (Å²) in [5.41, 5.74) is 0.284. The van der Waals surface area contributed by atoms with Crippen LogP contribution in [0.5, 0.6) is 0 Å². The Bertz CT molecular complexity index is 416. The lowest BCUT2D eigenvalue weighted by molar-refractivity contribution is 0.0936. The van der Waals surface area contributed by atoms with Gasteiger partial charge in [0.05, 0.1) is 12.4 Å². The Balaban J connectivity index is 1.81. The first-order chi connectivity index (χ1) is 8.65. The molecule has 2 rings (SSSR count). The zero-order valence-corrected chi connectivity index (χ0v) is 11.3. The van der Waals surface area contributed by atoms with Crippen LogP contribution >= 0.6 is 11.6 Å². The molecule has 1 heterocycles. The van der Waals surface area contributed by atoms with Gasteiger partial charge in [-0.2, -0.15) is 0 Å². The number of nitrogens with zero attached hydrogens (tertiary/aromatic N) is 2. The van der Waals surface area contributed by atoms with E-state index in [9.17, 15) is 4.79 Å². The third kappa shape index (κ3) is 3.67. The van der Waals surface area contributed by atoms with E-state index in [1.807, 2.05) is 0 Å². The summed E-state index contributed by atoms with van der Waals surface area (Å²) in [4.78, 5) is 19.6. The quantitative estimate of drug-likeness (QED) is 0.916. The van der Waals surface area contributed by atoms with Gasteiger partial charge in [0.1, 0.15) is 10.8 Å². The molecule has 0 radical (unpaired) electrons. The molecule has 1 N–H and O–H groups in total. The molecule has 1 aromatic heterocycles. The zero-order valence-electron chi connectivity index (χ0n) is 10.5. The molecule has 1 fully saturated rings. The Hall–Kier alpha value is -1.16. The van der Waals surface area contributed by atoms with Crippen LogP contribution in [0.3, 0.4) is 0 Å². The average molecular weight is 268 g/mol. The summed E-state index contributed by atoms with van der Waals surface area (Å²) in [7, 11) is 0. The third-order valence-electron chi connectivity index (χ3n) is 3.52. The number of amides is 1. The molecule has 98 valence electrons. The number of hydrogen-bond acceptors (Lipinski definition) is 3. The van der Waals surface area contributed by atoms with Gasteiger partial charge in [-0.25, -0.2) is 4.98 Å². The Morgan fingerprint density at radius 1 is 1.39 bits per heavy atom. The second-order valence-electron chi connectivity index (χ2n) is 5.06. The molecule has 5 heteroatoms. The van der Waals surface area contributed by atoms with Crippen LogP contribution in [0.25, 0.3) is 0 Å². The Labute approximate surface area is 112 Å². The normalized spacial score (nSPS) is 23.7. The first-order valence-electron chi connectivity index (χ1n) is 6.41. The molecule has 1 aliphatic carbocycles. The van der Waals surface area contributed by atoms with E-state index in [1.54, 1.807) is 0 Å². The number of carbonyl (C=O) groups is 1. The van der Waals surface area contributed by atoms with Gasteiger partial charge in [-0.1, -0.05) is 31.4 Å². The van der Waals surface area contributed by atoms with Gasteiger partial charge in [0, 0.05) is 6.54 Å². The largest absolute Gasteiger partial charge is 0.350 e. The number of aromatic nitrogens is 2. The SMILES string of the molecule is CC1CCC(CNC(=O)c2cncc(Cl)n2)CC1. The summed E-state index contributed by atoms with van der Waals surface area (Å²) in [5, 5.41) is 3.16. The zero-order chi connectivity index (χ0) is 13.0. The topological polar surface area (TPSA) is 54.9 Å². The molecular formula is C13H18ClN3O. The van der Waals surface area contributed by atoms with Crippen molar-refractivity contribution in [3.8, 4) is 0 Å². The van der Waals surface area contributed by atoms with E-state index in [-0.39, 0.29) is 16.8 Å². The maximum absolute atomic E-state index is 11.8. The lowest BCUT2D eigenvalue weighted by Gasteiger charge is -2.26. The number of carbonyl (C=O) groups excluding carboxylic acids is 1. The van der Waals surface area contributed by atoms with Gasteiger partial charge in [0.25, 0.3) is 5.91 Å². The fourth-order valence-electron chi connectivity index (χ4n) is 2.31. The lowest BCUT2D eigenvalue weighted by atomic mass is 9.83. The second kappa shape index (κ2) is 6.14. The van der Waals surface area contributed by atoms with Gasteiger partial charge >= 0.3 is 0 Å². The highest BCUT2D eigenvalue weighted by molar-refractivity contribution is 6.29. The van der Waals surface area contributed by atoms with Crippen molar-refractivity contribution < 1.29 is 4.79 Å². The standard InChI is InChI=1S/C13H18ClN3O/c1-9-2-4-10(5-3-9)6-16-13(18)11-7-15-8-12(14)17-11/h7-10H,2-6H2,1H3,(H,16,18). The molecule has 0 atom stereocenters. The first-order valence-corrected chi connectivity index (χ1v) is 6.78. The molecule has 0 spiro atoms. The van der Waals surface area contributed by atoms with Crippen LogP contribution in [-0.4, -0.2) is 22.4 Å². The maximum atomic E-state index is 11.8. The summed E-state index contributed by atoms with van der Waals surface area (Å²) in [6, 6.07) is 0. The number of hydrogen-bond donors (Lipinski definition) is 1. The predicted octanol–water partition coefficient (Wildman–Crippen LogP) is 2.69. The van der Waals surface area contributed by atoms with E-state index in [0.717, 1.165) is 12.5 Å². The van der Waals surface area contributed by atoms with Gasteiger partial charge in [0.2, 0.25) is 0 Å². The summed E-state index contributed by atoms with van der Waals surface area (Å²) in [6.07, 6.45) is 7.77. The van der Waals surface area contributed by atoms with Crippen LogP contribution in [-0.2, 0) is 0 Å². The molecule has 0 saturated heterocycles. The third-order valence-corrected chi connectivity index (χ3v) is 3.71. The predicted molar refractivity (Wildman–Crippen MR) is 70.5 cm³/mol. The second-order valence-corrected chi connectivity index (χ2v) is 5.45. The first kappa shape index (κ1) is 13.3. The van der Waals surface area contributed by atoms with Crippen molar-refractivity contribution in [2.45, 2.75) is 32.6 Å². The van der Waals surface area contributed by atoms with Gasteiger partial charge < -0.3 is 5.32 Å². The maximum Gasteiger partial charge on any atom is 0.271 e. The fourth-order valence-corrected chi connectivity index (χ4v) is 2.46. The Morgan fingerprint density at radius 2 is 2.11 bits per heavy atom. The summed E-state index contributed by atoms with van der Waals surface area (Å²) < 4.78 is 0. The van der Waals surface area contributed by atoms with Gasteiger partial charge in [-0.3, -0.25) is 9.78 Å². The molecule has 4 nitrogen and oxygen atoms in total. The summed E-state index contributed by atoms with van der Waals surface area (Å²) in [6.45, 7) is 3.01. The van der Waals surface area contributed by atoms with E-state index in [0.29, 0.717) is 5.92 Å². The Morgan fingerprint density at radius 3 is 2.78 bits per heavy atom. The van der Waals surface area contributed by atoms with Crippen molar-refractivity contribution in [3.63, 3.8) is 0 Å². The Kier molecular flexibility index (Phi) is 4.53. The smallest absolute Gasteiger partial charge is 0.271 e. The van der Waals surface area contributed by atoms with E-state index in [2.05, 4.69) is 22.2 Å². The molecule has 1 saturated carbocycles. The highest BCUT2D eigenvalue weighted by atomic mass is 35.5. The van der Waals surface area contributed by atoms with Crippen molar-refractivity contribution in [1.82, 2.24) is 15.3 Å². The van der Waals surface area contributed by atoms with Gasteiger partial charge in [0.15, 0.2) is 0 Å². The van der Waals surface area contributed by atoms with E-state index >= 15 is 0 Å². The van der Waals surface area contributed by atoms with Crippen LogP contribution < -0.4 is 5.32 Å². The molecule has 1 amide bonds. The molecular weight excluding hydrogens is 250 g/mol. The molecule has 0 bridgehead atoms. The molecule has 0 aromatic carbocycles. The number of halogens is 1. The van der Waals surface area contributed by atoms with Crippen molar-refractivity contribution in [2.75, 3.05) is 6.54 Å². The average Bonchev–Trinajstić information content (AvgIpc) is 2.38. The van der Waals surface area contributed by atoms with Crippen molar-refractivity contribution in [3.05, 3.63) is 23.2 Å². The summed E-state index contributed by atoms with van der Waals surface area (Å²) >= 11 is 5.70. The van der Waals surface area contributed by atoms with E-state index < -0.39 is 0 Å². The molecule has 1 aliphatic rings. The minimum absolute atomic E-state index is 0.191. The van der Waals surface area contributed by atoms with Gasteiger partial charge in [-0.15, -0.1) is 0 Å².